The van der Waals surface area contributed by atoms with Crippen molar-refractivity contribution < 1.29 is 14.7 Å². The highest BCUT2D eigenvalue weighted by molar-refractivity contribution is 5.97. The van der Waals surface area contributed by atoms with Gasteiger partial charge >= 0.3 is 0 Å². The minimum absolute atomic E-state index is 0.0336. The summed E-state index contributed by atoms with van der Waals surface area (Å²) >= 11 is 0. The number of oxime groups is 1. The molecular weight excluding hydrogens is 244 g/mol. The van der Waals surface area contributed by atoms with Crippen LogP contribution >= 0.6 is 0 Å². The van der Waals surface area contributed by atoms with Crippen LogP contribution in [0.5, 0.6) is 11.5 Å². The Labute approximate surface area is 114 Å². The minimum Gasteiger partial charge on any atom is -0.497 e. The third-order valence-electron chi connectivity index (χ3n) is 3.16. The minimum atomic E-state index is 0.0336. The van der Waals surface area contributed by atoms with E-state index in [2.05, 4.69) is 19.0 Å². The number of ether oxygens (including phenoxy) is 2. The van der Waals surface area contributed by atoms with E-state index >= 15 is 0 Å². The summed E-state index contributed by atoms with van der Waals surface area (Å²) in [5, 5.41) is 11.7. The van der Waals surface area contributed by atoms with Crippen LogP contribution in [0.25, 0.3) is 0 Å². The van der Waals surface area contributed by atoms with Gasteiger partial charge in [0.15, 0.2) is 5.84 Å². The molecule has 0 bridgehead atoms. The molecule has 0 aliphatic carbocycles. The van der Waals surface area contributed by atoms with Crippen molar-refractivity contribution in [1.29, 1.82) is 0 Å². The highest BCUT2D eigenvalue weighted by Gasteiger charge is 2.08. The SMILES string of the molecule is CCC(CC)COc1cc(OC)cc(/C(N)=N/O)c1. The lowest BCUT2D eigenvalue weighted by Crippen LogP contribution is -2.14. The molecule has 0 atom stereocenters. The van der Waals surface area contributed by atoms with Gasteiger partial charge in [-0.05, 0) is 18.1 Å². The fraction of sp³-hybridized carbons (Fsp3) is 0.500. The molecule has 5 nitrogen and oxygen atoms in total. The molecule has 0 radical (unpaired) electrons. The van der Waals surface area contributed by atoms with Crippen molar-refractivity contribution in [2.75, 3.05) is 13.7 Å². The van der Waals surface area contributed by atoms with E-state index in [0.29, 0.717) is 29.6 Å². The summed E-state index contributed by atoms with van der Waals surface area (Å²) in [6, 6.07) is 5.22. The van der Waals surface area contributed by atoms with Gasteiger partial charge in [-0.25, -0.2) is 0 Å². The molecule has 0 spiro atoms. The molecular formula is C14H22N2O3. The molecule has 0 saturated carbocycles. The molecule has 106 valence electrons. The molecule has 0 amide bonds. The third kappa shape index (κ3) is 4.35. The highest BCUT2D eigenvalue weighted by atomic mass is 16.5. The lowest BCUT2D eigenvalue weighted by atomic mass is 10.1. The van der Waals surface area contributed by atoms with E-state index in [9.17, 15) is 0 Å². The van der Waals surface area contributed by atoms with E-state index in [1.807, 2.05) is 0 Å². The number of rotatable bonds is 7. The lowest BCUT2D eigenvalue weighted by molar-refractivity contribution is 0.239. The second-order valence-corrected chi connectivity index (χ2v) is 4.38. The lowest BCUT2D eigenvalue weighted by Gasteiger charge is -2.15. The summed E-state index contributed by atoms with van der Waals surface area (Å²) < 4.78 is 10.9. The summed E-state index contributed by atoms with van der Waals surface area (Å²) in [5.74, 6) is 1.83. The Morgan fingerprint density at radius 1 is 1.26 bits per heavy atom. The summed E-state index contributed by atoms with van der Waals surface area (Å²) in [4.78, 5) is 0. The van der Waals surface area contributed by atoms with Gasteiger partial charge in [0.25, 0.3) is 0 Å². The number of benzene rings is 1. The van der Waals surface area contributed by atoms with Gasteiger partial charge in [-0.15, -0.1) is 0 Å². The molecule has 5 heteroatoms. The van der Waals surface area contributed by atoms with Crippen LogP contribution in [0, 0.1) is 5.92 Å². The predicted molar refractivity (Wildman–Crippen MR) is 75.1 cm³/mol. The number of nitrogens with zero attached hydrogens (tertiary/aromatic N) is 1. The average molecular weight is 266 g/mol. The Kier molecular flexibility index (Phi) is 5.99. The van der Waals surface area contributed by atoms with E-state index in [1.165, 1.54) is 0 Å². The maximum atomic E-state index is 8.72. The van der Waals surface area contributed by atoms with Gasteiger partial charge in [-0.3, -0.25) is 0 Å². The predicted octanol–water partition coefficient (Wildman–Crippen LogP) is 2.60. The summed E-state index contributed by atoms with van der Waals surface area (Å²) in [6.07, 6.45) is 2.15. The van der Waals surface area contributed by atoms with Crippen LogP contribution in [0.3, 0.4) is 0 Å². The number of methoxy groups -OCH3 is 1. The molecule has 0 saturated heterocycles. The highest BCUT2D eigenvalue weighted by Crippen LogP contribution is 2.23. The second kappa shape index (κ2) is 7.51. The third-order valence-corrected chi connectivity index (χ3v) is 3.16. The van der Waals surface area contributed by atoms with Gasteiger partial charge in [-0.2, -0.15) is 0 Å². The number of nitrogens with two attached hydrogens (primary N) is 1. The first-order valence-electron chi connectivity index (χ1n) is 6.44. The zero-order valence-corrected chi connectivity index (χ0v) is 11.7. The number of hydrogen-bond acceptors (Lipinski definition) is 4. The normalized spacial score (nSPS) is 11.7. The van der Waals surface area contributed by atoms with Crippen LogP contribution in [0.1, 0.15) is 32.3 Å². The largest absolute Gasteiger partial charge is 0.497 e. The Hall–Kier alpha value is -1.91. The van der Waals surface area contributed by atoms with Gasteiger partial charge < -0.3 is 20.4 Å². The Balaban J connectivity index is 2.88. The molecule has 0 heterocycles. The van der Waals surface area contributed by atoms with Crippen molar-refractivity contribution in [2.45, 2.75) is 26.7 Å². The van der Waals surface area contributed by atoms with Crippen molar-refractivity contribution in [3.63, 3.8) is 0 Å². The second-order valence-electron chi connectivity index (χ2n) is 4.38. The van der Waals surface area contributed by atoms with E-state index in [4.69, 9.17) is 20.4 Å². The van der Waals surface area contributed by atoms with Crippen LogP contribution in [-0.4, -0.2) is 24.8 Å². The first kappa shape index (κ1) is 15.1. The fourth-order valence-corrected chi connectivity index (χ4v) is 1.72. The first-order valence-corrected chi connectivity index (χ1v) is 6.44. The summed E-state index contributed by atoms with van der Waals surface area (Å²) in [7, 11) is 1.57. The topological polar surface area (TPSA) is 77.1 Å². The smallest absolute Gasteiger partial charge is 0.170 e. The molecule has 0 aliphatic rings. The molecule has 0 fully saturated rings. The van der Waals surface area contributed by atoms with Crippen molar-refractivity contribution in [3.05, 3.63) is 23.8 Å². The van der Waals surface area contributed by atoms with Crippen LogP contribution in [-0.2, 0) is 0 Å². The van der Waals surface area contributed by atoms with Crippen LogP contribution in [0.2, 0.25) is 0 Å². The molecule has 0 unspecified atom stereocenters. The van der Waals surface area contributed by atoms with Crippen LogP contribution in [0.15, 0.2) is 23.4 Å². The van der Waals surface area contributed by atoms with Gasteiger partial charge in [0.05, 0.1) is 13.7 Å². The quantitative estimate of drug-likeness (QED) is 0.344. The molecule has 1 aromatic carbocycles. The van der Waals surface area contributed by atoms with Gasteiger partial charge in [0.2, 0.25) is 0 Å². The van der Waals surface area contributed by atoms with Gasteiger partial charge in [0, 0.05) is 11.6 Å². The Morgan fingerprint density at radius 3 is 2.42 bits per heavy atom. The Bertz CT molecular complexity index is 429. The van der Waals surface area contributed by atoms with Crippen LogP contribution in [0.4, 0.5) is 0 Å². The molecule has 1 aromatic rings. The number of hydrogen-bond donors (Lipinski definition) is 2. The van der Waals surface area contributed by atoms with Gasteiger partial charge in [-0.1, -0.05) is 31.8 Å². The van der Waals surface area contributed by atoms with Gasteiger partial charge in [0.1, 0.15) is 11.5 Å². The maximum Gasteiger partial charge on any atom is 0.170 e. The maximum absolute atomic E-state index is 8.72. The van der Waals surface area contributed by atoms with E-state index < -0.39 is 0 Å². The number of amidine groups is 1. The monoisotopic (exact) mass is 266 g/mol. The molecule has 1 rings (SSSR count). The molecule has 19 heavy (non-hydrogen) atoms. The first-order chi connectivity index (χ1) is 9.14. The van der Waals surface area contributed by atoms with Crippen molar-refractivity contribution >= 4 is 5.84 Å². The van der Waals surface area contributed by atoms with Crippen LogP contribution < -0.4 is 15.2 Å². The molecule has 0 aromatic heterocycles. The van der Waals surface area contributed by atoms with E-state index in [0.717, 1.165) is 12.8 Å². The van der Waals surface area contributed by atoms with E-state index in [1.54, 1.807) is 25.3 Å². The molecule has 3 N–H and O–H groups in total. The average Bonchev–Trinajstić information content (AvgIpc) is 2.47. The standard InChI is InChI=1S/C14H22N2O3/c1-4-10(5-2)9-19-13-7-11(14(15)16-17)6-12(8-13)18-3/h6-8,10,17H,4-5,9H2,1-3H3,(H2,15,16). The van der Waals surface area contributed by atoms with Crippen molar-refractivity contribution in [3.8, 4) is 11.5 Å². The summed E-state index contributed by atoms with van der Waals surface area (Å²) in [6.45, 7) is 4.94. The zero-order valence-electron chi connectivity index (χ0n) is 11.7. The van der Waals surface area contributed by atoms with Crippen molar-refractivity contribution in [1.82, 2.24) is 0 Å². The molecule has 0 aliphatic heterocycles. The zero-order chi connectivity index (χ0) is 14.3. The Morgan fingerprint density at radius 2 is 1.89 bits per heavy atom. The van der Waals surface area contributed by atoms with E-state index in [-0.39, 0.29) is 5.84 Å². The van der Waals surface area contributed by atoms with Crippen molar-refractivity contribution in [2.24, 2.45) is 16.8 Å². The summed E-state index contributed by atoms with van der Waals surface area (Å²) in [5.41, 5.74) is 6.15. The fourth-order valence-electron chi connectivity index (χ4n) is 1.72.